The predicted molar refractivity (Wildman–Crippen MR) is 30.3 cm³/mol. The fourth-order valence-electron chi connectivity index (χ4n) is 0.546. The Bertz CT molecular complexity index is 152. The molecule has 1 heterocycles. The number of carbonyl (C=O) groups excluding carboxylic acids is 1. The fourth-order valence-corrected chi connectivity index (χ4v) is 0.546. The first-order valence-corrected chi connectivity index (χ1v) is 2.60. The van der Waals surface area contributed by atoms with Gasteiger partial charge in [0.25, 0.3) is 5.90 Å². The van der Waals surface area contributed by atoms with Gasteiger partial charge in [-0.3, -0.25) is 0 Å². The zero-order valence-corrected chi connectivity index (χ0v) is 5.09. The first kappa shape index (κ1) is 6.07. The molecule has 0 aromatic rings. The van der Waals surface area contributed by atoms with Crippen LogP contribution in [0.5, 0.6) is 0 Å². The Hall–Kier alpha value is -1.06. The molecule has 0 atom stereocenters. The average Bonchev–Trinajstić information content (AvgIpc) is 2.37. The molecule has 0 radical (unpaired) electrons. The van der Waals surface area contributed by atoms with Crippen LogP contribution in [-0.4, -0.2) is 32.1 Å². The first-order valence-electron chi connectivity index (χ1n) is 2.60. The largest absolute Gasteiger partial charge is 0.471 e. The molecule has 0 amide bonds. The van der Waals surface area contributed by atoms with Gasteiger partial charge < -0.3 is 9.47 Å². The van der Waals surface area contributed by atoms with Crippen LogP contribution in [-0.2, 0) is 14.3 Å². The highest BCUT2D eigenvalue weighted by molar-refractivity contribution is 6.32. The van der Waals surface area contributed by atoms with E-state index in [0.29, 0.717) is 13.2 Å². The summed E-state index contributed by atoms with van der Waals surface area (Å²) in [4.78, 5) is 14.3. The molecule has 1 rings (SSSR count). The van der Waals surface area contributed by atoms with E-state index in [2.05, 4.69) is 9.73 Å². The first-order chi connectivity index (χ1) is 4.34. The average molecular weight is 129 g/mol. The predicted octanol–water partition coefficient (Wildman–Crippen LogP) is -0.412. The number of hydrogen-bond acceptors (Lipinski definition) is 4. The third-order valence-electron chi connectivity index (χ3n) is 0.945. The van der Waals surface area contributed by atoms with Gasteiger partial charge in [0.15, 0.2) is 0 Å². The van der Waals surface area contributed by atoms with Crippen molar-refractivity contribution in [3.05, 3.63) is 0 Å². The topological polar surface area (TPSA) is 47.9 Å². The fraction of sp³-hybridized carbons (Fsp3) is 0.600. The summed E-state index contributed by atoms with van der Waals surface area (Å²) in [6, 6.07) is 0. The summed E-state index contributed by atoms with van der Waals surface area (Å²) in [7, 11) is 1.30. The van der Waals surface area contributed by atoms with Gasteiger partial charge in [-0.25, -0.2) is 9.79 Å². The lowest BCUT2D eigenvalue weighted by Crippen LogP contribution is -2.15. The van der Waals surface area contributed by atoms with E-state index in [0.717, 1.165) is 0 Å². The van der Waals surface area contributed by atoms with Crippen molar-refractivity contribution in [1.82, 2.24) is 0 Å². The molecule has 4 nitrogen and oxygen atoms in total. The van der Waals surface area contributed by atoms with Gasteiger partial charge in [0, 0.05) is 0 Å². The summed E-state index contributed by atoms with van der Waals surface area (Å²) >= 11 is 0. The molecule has 4 heteroatoms. The summed E-state index contributed by atoms with van der Waals surface area (Å²) in [6.45, 7) is 1.05. The van der Waals surface area contributed by atoms with E-state index in [1.54, 1.807) is 0 Å². The molecular formula is C5H7NO3. The van der Waals surface area contributed by atoms with Crippen LogP contribution < -0.4 is 0 Å². The van der Waals surface area contributed by atoms with Crippen molar-refractivity contribution < 1.29 is 14.3 Å². The molecule has 0 aliphatic carbocycles. The summed E-state index contributed by atoms with van der Waals surface area (Å²) in [5, 5.41) is 0. The van der Waals surface area contributed by atoms with Gasteiger partial charge in [0.2, 0.25) is 0 Å². The van der Waals surface area contributed by atoms with Crippen molar-refractivity contribution in [3.63, 3.8) is 0 Å². The Balaban J connectivity index is 2.51. The second kappa shape index (κ2) is 2.48. The molecule has 1 aliphatic heterocycles. The molecule has 0 saturated carbocycles. The molecule has 50 valence electrons. The van der Waals surface area contributed by atoms with E-state index in [9.17, 15) is 4.79 Å². The summed E-state index contributed by atoms with van der Waals surface area (Å²) in [6.07, 6.45) is 0. The molecule has 0 N–H and O–H groups in total. The van der Waals surface area contributed by atoms with Crippen molar-refractivity contribution in [3.8, 4) is 0 Å². The zero-order chi connectivity index (χ0) is 6.69. The van der Waals surface area contributed by atoms with E-state index in [-0.39, 0.29) is 5.90 Å². The Labute approximate surface area is 52.5 Å². The molecule has 0 spiro atoms. The van der Waals surface area contributed by atoms with Gasteiger partial charge in [-0.2, -0.15) is 0 Å². The van der Waals surface area contributed by atoms with E-state index in [4.69, 9.17) is 4.74 Å². The second-order valence-electron chi connectivity index (χ2n) is 1.53. The third kappa shape index (κ3) is 1.19. The normalized spacial score (nSPS) is 16.3. The molecule has 0 saturated heterocycles. The molecule has 0 aromatic carbocycles. The number of nitrogens with zero attached hydrogens (tertiary/aromatic N) is 1. The minimum atomic E-state index is -0.493. The number of ether oxygens (including phenoxy) is 2. The highest BCUT2D eigenvalue weighted by atomic mass is 16.6. The zero-order valence-electron chi connectivity index (χ0n) is 5.09. The maximum atomic E-state index is 10.5. The second-order valence-corrected chi connectivity index (χ2v) is 1.53. The van der Waals surface area contributed by atoms with E-state index in [1.165, 1.54) is 7.11 Å². The van der Waals surface area contributed by atoms with Gasteiger partial charge in [0.1, 0.15) is 6.61 Å². The SMILES string of the molecule is COC(=O)C1=NCCO1. The lowest BCUT2D eigenvalue weighted by Gasteiger charge is -1.95. The van der Waals surface area contributed by atoms with Crippen LogP contribution in [0.4, 0.5) is 0 Å². The highest BCUT2D eigenvalue weighted by Crippen LogP contribution is 1.94. The summed E-state index contributed by atoms with van der Waals surface area (Å²) < 4.78 is 9.12. The molecule has 9 heavy (non-hydrogen) atoms. The van der Waals surface area contributed by atoms with E-state index in [1.807, 2.05) is 0 Å². The Morgan fingerprint density at radius 1 is 1.89 bits per heavy atom. The van der Waals surface area contributed by atoms with E-state index >= 15 is 0 Å². The van der Waals surface area contributed by atoms with Crippen molar-refractivity contribution in [2.45, 2.75) is 0 Å². The van der Waals surface area contributed by atoms with E-state index < -0.39 is 5.97 Å². The molecule has 1 aliphatic rings. The Morgan fingerprint density at radius 3 is 3.11 bits per heavy atom. The lowest BCUT2D eigenvalue weighted by atomic mass is 10.7. The van der Waals surface area contributed by atoms with Crippen molar-refractivity contribution in [2.24, 2.45) is 4.99 Å². The van der Waals surface area contributed by atoms with Crippen molar-refractivity contribution in [1.29, 1.82) is 0 Å². The Kier molecular flexibility index (Phi) is 1.67. The summed E-state index contributed by atoms with van der Waals surface area (Å²) in [5.74, 6) is -0.398. The van der Waals surface area contributed by atoms with Gasteiger partial charge in [0.05, 0.1) is 13.7 Å². The number of carbonyl (C=O) groups is 1. The van der Waals surface area contributed by atoms with Gasteiger partial charge in [-0.05, 0) is 0 Å². The quantitative estimate of drug-likeness (QED) is 0.452. The van der Waals surface area contributed by atoms with Crippen LogP contribution in [0.25, 0.3) is 0 Å². The van der Waals surface area contributed by atoms with Crippen molar-refractivity contribution >= 4 is 11.9 Å². The lowest BCUT2D eigenvalue weighted by molar-refractivity contribution is -0.134. The molecule has 0 aromatic heterocycles. The van der Waals surface area contributed by atoms with Crippen molar-refractivity contribution in [2.75, 3.05) is 20.3 Å². The van der Waals surface area contributed by atoms with Crippen LogP contribution >= 0.6 is 0 Å². The summed E-state index contributed by atoms with van der Waals surface area (Å²) in [5.41, 5.74) is 0. The highest BCUT2D eigenvalue weighted by Gasteiger charge is 2.16. The maximum absolute atomic E-state index is 10.5. The number of aliphatic imine (C=N–C) groups is 1. The number of methoxy groups -OCH3 is 1. The smallest absolute Gasteiger partial charge is 0.393 e. The number of hydrogen-bond donors (Lipinski definition) is 0. The molecule has 0 fully saturated rings. The minimum Gasteiger partial charge on any atom is -0.471 e. The number of rotatable bonds is 1. The molecule has 0 unspecified atom stereocenters. The van der Waals surface area contributed by atoms with Crippen LogP contribution in [0.15, 0.2) is 4.99 Å². The van der Waals surface area contributed by atoms with Gasteiger partial charge in [-0.15, -0.1) is 0 Å². The molecular weight excluding hydrogens is 122 g/mol. The number of esters is 1. The van der Waals surface area contributed by atoms with Gasteiger partial charge >= 0.3 is 5.97 Å². The minimum absolute atomic E-state index is 0.0949. The third-order valence-corrected chi connectivity index (χ3v) is 0.945. The van der Waals surface area contributed by atoms with Crippen LogP contribution in [0, 0.1) is 0 Å². The van der Waals surface area contributed by atoms with Crippen LogP contribution in [0.1, 0.15) is 0 Å². The maximum Gasteiger partial charge on any atom is 0.393 e. The standard InChI is InChI=1S/C5H7NO3/c1-8-5(7)4-6-2-3-9-4/h2-3H2,1H3. The Morgan fingerprint density at radius 2 is 2.67 bits per heavy atom. The van der Waals surface area contributed by atoms with Crippen LogP contribution in [0.2, 0.25) is 0 Å². The molecule has 0 bridgehead atoms. The monoisotopic (exact) mass is 129 g/mol. The van der Waals surface area contributed by atoms with Gasteiger partial charge in [-0.1, -0.05) is 0 Å². The van der Waals surface area contributed by atoms with Crippen LogP contribution in [0.3, 0.4) is 0 Å².